The molecule has 2 fully saturated rings. The van der Waals surface area contributed by atoms with E-state index >= 15 is 0 Å². The minimum Gasteiger partial charge on any atom is -0.490 e. The summed E-state index contributed by atoms with van der Waals surface area (Å²) in [5, 5.41) is 11.1. The van der Waals surface area contributed by atoms with Crippen molar-refractivity contribution >= 4 is 21.7 Å². The summed E-state index contributed by atoms with van der Waals surface area (Å²) >= 11 is 0. The molecule has 0 bridgehead atoms. The number of nitro groups is 1. The first-order valence-corrected chi connectivity index (χ1v) is 10.1. The number of likely N-dealkylation sites (tertiary alicyclic amines) is 1. The van der Waals surface area contributed by atoms with Gasteiger partial charge in [-0.3, -0.25) is 10.1 Å². The molecule has 3 rings (SSSR count). The van der Waals surface area contributed by atoms with Crippen LogP contribution >= 0.6 is 0 Å². The minimum absolute atomic E-state index is 0.0000193. The van der Waals surface area contributed by atoms with Crippen LogP contribution in [0.5, 0.6) is 5.75 Å². The highest BCUT2D eigenvalue weighted by Crippen LogP contribution is 2.30. The number of nitrogens with zero attached hydrogens (tertiary/aromatic N) is 4. The van der Waals surface area contributed by atoms with Gasteiger partial charge >= 0.3 is 11.7 Å². The second-order valence-electron chi connectivity index (χ2n) is 6.46. The molecule has 0 unspecified atom stereocenters. The fraction of sp³-hybridized carbons (Fsp3) is 0.562. The molecule has 2 aliphatic heterocycles. The molecule has 27 heavy (non-hydrogen) atoms. The summed E-state index contributed by atoms with van der Waals surface area (Å²) in [6.45, 7) is 2.39. The van der Waals surface area contributed by atoms with Crippen molar-refractivity contribution in [3.63, 3.8) is 0 Å². The molecule has 0 aromatic heterocycles. The molecule has 2 saturated heterocycles. The van der Waals surface area contributed by atoms with Crippen LogP contribution < -0.4 is 4.74 Å². The third kappa shape index (κ3) is 3.83. The number of methoxy groups -OCH3 is 1. The van der Waals surface area contributed by atoms with Crippen LogP contribution in [0.2, 0.25) is 0 Å². The zero-order valence-electron chi connectivity index (χ0n) is 15.0. The van der Waals surface area contributed by atoms with Gasteiger partial charge in [0.05, 0.1) is 16.9 Å². The van der Waals surface area contributed by atoms with Gasteiger partial charge in [0.1, 0.15) is 0 Å². The fourth-order valence-electron chi connectivity index (χ4n) is 3.35. The van der Waals surface area contributed by atoms with E-state index in [1.807, 2.05) is 0 Å². The predicted molar refractivity (Wildman–Crippen MR) is 96.2 cm³/mol. The maximum Gasteiger partial charge on any atom is 0.320 e. The molecule has 1 aromatic carbocycles. The van der Waals surface area contributed by atoms with Crippen LogP contribution in [0.4, 0.5) is 10.5 Å². The van der Waals surface area contributed by atoms with E-state index in [9.17, 15) is 23.3 Å². The number of benzene rings is 1. The molecule has 0 radical (unpaired) electrons. The lowest BCUT2D eigenvalue weighted by Gasteiger charge is -2.35. The van der Waals surface area contributed by atoms with Crippen LogP contribution in [0.15, 0.2) is 23.1 Å². The van der Waals surface area contributed by atoms with Gasteiger partial charge in [0.25, 0.3) is 0 Å². The lowest BCUT2D eigenvalue weighted by atomic mass is 10.3. The van der Waals surface area contributed by atoms with Crippen LogP contribution in [0, 0.1) is 10.1 Å². The van der Waals surface area contributed by atoms with Crippen molar-refractivity contribution in [2.45, 2.75) is 17.7 Å². The van der Waals surface area contributed by atoms with Gasteiger partial charge in [-0.15, -0.1) is 0 Å². The summed E-state index contributed by atoms with van der Waals surface area (Å²) < 4.78 is 31.9. The predicted octanol–water partition coefficient (Wildman–Crippen LogP) is 1.13. The van der Waals surface area contributed by atoms with E-state index in [0.29, 0.717) is 13.1 Å². The maximum atomic E-state index is 12.8. The highest BCUT2D eigenvalue weighted by atomic mass is 32.2. The quantitative estimate of drug-likeness (QED) is 0.555. The zero-order valence-corrected chi connectivity index (χ0v) is 15.9. The third-order valence-corrected chi connectivity index (χ3v) is 6.77. The Hall–Kier alpha value is -2.40. The number of sulfonamides is 1. The molecule has 2 heterocycles. The Balaban J connectivity index is 1.72. The number of rotatable bonds is 4. The first-order chi connectivity index (χ1) is 12.8. The molecular weight excluding hydrogens is 376 g/mol. The first-order valence-electron chi connectivity index (χ1n) is 8.71. The molecular formula is C16H22N4O6S. The van der Waals surface area contributed by atoms with Crippen molar-refractivity contribution in [1.29, 1.82) is 0 Å². The van der Waals surface area contributed by atoms with E-state index in [1.54, 1.807) is 9.80 Å². The molecule has 148 valence electrons. The smallest absolute Gasteiger partial charge is 0.320 e. The number of carbonyl (C=O) groups excluding carboxylic acids is 1. The number of hydrogen-bond donors (Lipinski definition) is 0. The molecule has 0 atom stereocenters. The Morgan fingerprint density at radius 3 is 2.22 bits per heavy atom. The van der Waals surface area contributed by atoms with Gasteiger partial charge in [-0.2, -0.15) is 4.31 Å². The largest absolute Gasteiger partial charge is 0.490 e. The van der Waals surface area contributed by atoms with Crippen molar-refractivity contribution in [2.75, 3.05) is 46.4 Å². The van der Waals surface area contributed by atoms with Gasteiger partial charge in [0.15, 0.2) is 5.75 Å². The second kappa shape index (κ2) is 7.69. The summed E-state index contributed by atoms with van der Waals surface area (Å²) in [6.07, 6.45) is 1.99. The topological polar surface area (TPSA) is 113 Å². The lowest BCUT2D eigenvalue weighted by Crippen LogP contribution is -2.53. The number of hydrogen-bond acceptors (Lipinski definition) is 6. The average Bonchev–Trinajstić information content (AvgIpc) is 3.21. The average molecular weight is 398 g/mol. The summed E-state index contributed by atoms with van der Waals surface area (Å²) in [5.74, 6) is -0.0000193. The molecule has 2 aliphatic rings. The van der Waals surface area contributed by atoms with Gasteiger partial charge in [-0.25, -0.2) is 13.2 Å². The van der Waals surface area contributed by atoms with Gasteiger partial charge in [0, 0.05) is 45.3 Å². The van der Waals surface area contributed by atoms with Crippen molar-refractivity contribution < 1.29 is 22.9 Å². The summed E-state index contributed by atoms with van der Waals surface area (Å²) in [7, 11) is -2.60. The number of carbonyl (C=O) groups is 1. The molecule has 0 aliphatic carbocycles. The highest BCUT2D eigenvalue weighted by molar-refractivity contribution is 7.89. The highest BCUT2D eigenvalue weighted by Gasteiger charge is 2.33. The second-order valence-corrected chi connectivity index (χ2v) is 8.40. The Morgan fingerprint density at radius 1 is 1.07 bits per heavy atom. The monoisotopic (exact) mass is 398 g/mol. The molecule has 10 nitrogen and oxygen atoms in total. The minimum atomic E-state index is -3.89. The Bertz CT molecular complexity index is 829. The van der Waals surface area contributed by atoms with Crippen molar-refractivity contribution in [1.82, 2.24) is 14.1 Å². The van der Waals surface area contributed by atoms with E-state index in [4.69, 9.17) is 4.74 Å². The zero-order chi connectivity index (χ0) is 19.6. The third-order valence-electron chi connectivity index (χ3n) is 4.87. The standard InChI is InChI=1S/C16H22N4O6S/c1-26-15-5-4-13(12-14(15)20(22)23)27(24,25)19-10-8-18(9-11-19)16(21)17-6-2-3-7-17/h4-5,12H,2-3,6-11H2,1H3. The Labute approximate surface area is 157 Å². The van der Waals surface area contributed by atoms with E-state index in [0.717, 1.165) is 32.0 Å². The van der Waals surface area contributed by atoms with Crippen LogP contribution in [0.25, 0.3) is 0 Å². The number of ether oxygens (including phenoxy) is 1. The van der Waals surface area contributed by atoms with Crippen LogP contribution in [0.3, 0.4) is 0 Å². The summed E-state index contributed by atoms with van der Waals surface area (Å²) in [5.41, 5.74) is -0.401. The van der Waals surface area contributed by atoms with E-state index in [-0.39, 0.29) is 29.8 Å². The van der Waals surface area contributed by atoms with E-state index in [2.05, 4.69) is 0 Å². The summed E-state index contributed by atoms with van der Waals surface area (Å²) in [4.78, 5) is 26.2. The molecule has 0 saturated carbocycles. The number of nitro benzene ring substituents is 1. The fourth-order valence-corrected chi connectivity index (χ4v) is 4.79. The lowest BCUT2D eigenvalue weighted by molar-refractivity contribution is -0.386. The van der Waals surface area contributed by atoms with Crippen molar-refractivity contribution in [2.24, 2.45) is 0 Å². The Morgan fingerprint density at radius 2 is 1.67 bits per heavy atom. The maximum absolute atomic E-state index is 12.8. The molecule has 1 aromatic rings. The molecule has 11 heteroatoms. The van der Waals surface area contributed by atoms with Crippen LogP contribution in [0.1, 0.15) is 12.8 Å². The summed E-state index contributed by atoms with van der Waals surface area (Å²) in [6, 6.07) is 3.53. The SMILES string of the molecule is COc1ccc(S(=O)(=O)N2CCN(C(=O)N3CCCC3)CC2)cc1[N+](=O)[O-]. The van der Waals surface area contributed by atoms with Crippen LogP contribution in [-0.4, -0.2) is 79.9 Å². The number of urea groups is 1. The molecule has 0 spiro atoms. The van der Waals surface area contributed by atoms with Gasteiger partial charge < -0.3 is 14.5 Å². The Kier molecular flexibility index (Phi) is 5.51. The van der Waals surface area contributed by atoms with Gasteiger partial charge in [-0.1, -0.05) is 0 Å². The van der Waals surface area contributed by atoms with Crippen LogP contribution in [-0.2, 0) is 10.0 Å². The number of piperazine rings is 1. The van der Waals surface area contributed by atoms with Crippen molar-refractivity contribution in [3.8, 4) is 5.75 Å². The molecule has 0 N–H and O–H groups in total. The van der Waals surface area contributed by atoms with E-state index in [1.165, 1.54) is 23.5 Å². The number of amides is 2. The van der Waals surface area contributed by atoms with Gasteiger partial charge in [0.2, 0.25) is 10.0 Å². The first kappa shape index (κ1) is 19.4. The van der Waals surface area contributed by atoms with E-state index < -0.39 is 20.6 Å². The molecule has 2 amide bonds. The van der Waals surface area contributed by atoms with Crippen molar-refractivity contribution in [3.05, 3.63) is 28.3 Å². The normalized spacial score (nSPS) is 18.6. The van der Waals surface area contributed by atoms with Gasteiger partial charge in [-0.05, 0) is 25.0 Å².